The Labute approximate surface area is 190 Å². The third-order valence-electron chi connectivity index (χ3n) is 5.36. The predicted molar refractivity (Wildman–Crippen MR) is 115 cm³/mol. The summed E-state index contributed by atoms with van der Waals surface area (Å²) in [6.07, 6.45) is -5.03. The lowest BCUT2D eigenvalue weighted by atomic mass is 9.92. The summed E-state index contributed by atoms with van der Waals surface area (Å²) in [5.41, 5.74) is 2.46. The van der Waals surface area contributed by atoms with Gasteiger partial charge in [0.25, 0.3) is 0 Å². The maximum absolute atomic E-state index is 14.2. The second-order valence-corrected chi connectivity index (χ2v) is 9.60. The van der Waals surface area contributed by atoms with Crippen LogP contribution in [-0.2, 0) is 20.4 Å². The van der Waals surface area contributed by atoms with Gasteiger partial charge in [0.1, 0.15) is 5.71 Å². The highest BCUT2D eigenvalue weighted by atomic mass is 35.5. The Morgan fingerprint density at radius 2 is 1.55 bits per heavy atom. The first-order valence-corrected chi connectivity index (χ1v) is 11.1. The molecule has 3 rings (SSSR count). The average molecular weight is 494 g/mol. The summed E-state index contributed by atoms with van der Waals surface area (Å²) in [6, 6.07) is 6.34. The minimum absolute atomic E-state index is 0.180. The van der Waals surface area contributed by atoms with Crippen molar-refractivity contribution in [1.29, 1.82) is 0 Å². The molecule has 0 saturated carbocycles. The van der Waals surface area contributed by atoms with E-state index in [4.69, 9.17) is 32.8 Å². The summed E-state index contributed by atoms with van der Waals surface area (Å²) in [5.74, 6) is -3.24. The van der Waals surface area contributed by atoms with E-state index in [2.05, 4.69) is 5.16 Å². The molecule has 0 spiro atoms. The molecule has 1 aliphatic heterocycles. The molecule has 10 heteroatoms. The van der Waals surface area contributed by atoms with Crippen LogP contribution in [-0.4, -0.2) is 34.2 Å². The van der Waals surface area contributed by atoms with Gasteiger partial charge in [-0.15, -0.1) is 0 Å². The largest absolute Gasteiger partial charge is 0.459 e. The fraction of sp³-hybridized carbons (Fsp3) is 0.381. The van der Waals surface area contributed by atoms with Gasteiger partial charge in [-0.1, -0.05) is 46.1 Å². The molecular formula is C21H20Cl2F3NO3S. The molecule has 168 valence electrons. The van der Waals surface area contributed by atoms with E-state index in [1.807, 2.05) is 6.92 Å². The Hall–Kier alpha value is -1.61. The molecule has 1 unspecified atom stereocenters. The monoisotopic (exact) mass is 493 g/mol. The van der Waals surface area contributed by atoms with Gasteiger partial charge < -0.3 is 9.57 Å². The number of nitrogens with zero attached hydrogens (tertiary/aromatic N) is 1. The lowest BCUT2D eigenvalue weighted by molar-refractivity contribution is -0.362. The lowest BCUT2D eigenvalue weighted by Gasteiger charge is -2.33. The molecule has 0 N–H and O–H groups in total. The number of aryl methyl sites for hydroxylation is 1. The van der Waals surface area contributed by atoms with Crippen molar-refractivity contribution in [3.8, 4) is 0 Å². The molecule has 0 fully saturated rings. The van der Waals surface area contributed by atoms with Crippen LogP contribution in [0.15, 0.2) is 34.3 Å². The first-order chi connectivity index (χ1) is 14.4. The summed E-state index contributed by atoms with van der Waals surface area (Å²) in [7, 11) is -1.39. The van der Waals surface area contributed by atoms with Crippen LogP contribution >= 0.6 is 23.2 Å². The molecule has 2 aromatic rings. The lowest BCUT2D eigenvalue weighted by Crippen LogP contribution is -2.58. The van der Waals surface area contributed by atoms with Crippen LogP contribution in [0.5, 0.6) is 0 Å². The molecule has 4 nitrogen and oxygen atoms in total. The van der Waals surface area contributed by atoms with Crippen LogP contribution in [0.25, 0.3) is 0 Å². The number of ether oxygens (including phenoxy) is 1. The third kappa shape index (κ3) is 3.77. The van der Waals surface area contributed by atoms with E-state index in [9.17, 15) is 17.4 Å². The number of benzene rings is 2. The molecule has 0 amide bonds. The normalized spacial score (nSPS) is 22.3. The van der Waals surface area contributed by atoms with Gasteiger partial charge in [-0.25, -0.2) is 0 Å². The van der Waals surface area contributed by atoms with E-state index >= 15 is 0 Å². The van der Waals surface area contributed by atoms with Crippen LogP contribution in [0, 0.1) is 27.7 Å². The number of rotatable bonds is 4. The van der Waals surface area contributed by atoms with Crippen LogP contribution in [0.2, 0.25) is 10.0 Å². The number of methoxy groups -OCH3 is 1. The van der Waals surface area contributed by atoms with Crippen molar-refractivity contribution in [2.45, 2.75) is 49.8 Å². The fourth-order valence-corrected chi connectivity index (χ4v) is 5.65. The van der Waals surface area contributed by atoms with Gasteiger partial charge in [0, 0.05) is 27.6 Å². The van der Waals surface area contributed by atoms with E-state index < -0.39 is 28.0 Å². The minimum atomic E-state index is -5.03. The topological polar surface area (TPSA) is 47.9 Å². The predicted octanol–water partition coefficient (Wildman–Crippen LogP) is 6.04. The standard InChI is InChI=1S/C21H20Cl2F3NO3S/c1-10-6-8-14(9-7-10)31(28)19-18(27-30-20(19,29-5)21(24,25)26)15-11(2)16(22)13(4)17(23)12(15)3/h6-9,19H,1-5H3/t19?,20-,31-/m0/s1. The highest BCUT2D eigenvalue weighted by molar-refractivity contribution is 7.86. The molecule has 31 heavy (non-hydrogen) atoms. The van der Waals surface area contributed by atoms with Gasteiger partial charge in [0.15, 0.2) is 5.25 Å². The Balaban J connectivity index is 2.28. The Kier molecular flexibility index (Phi) is 6.50. The smallest absolute Gasteiger partial charge is 0.348 e. The van der Waals surface area contributed by atoms with Crippen molar-refractivity contribution < 1.29 is 27.0 Å². The van der Waals surface area contributed by atoms with E-state index in [0.717, 1.165) is 12.7 Å². The Morgan fingerprint density at radius 3 is 2.00 bits per heavy atom. The van der Waals surface area contributed by atoms with Crippen LogP contribution in [0.1, 0.15) is 27.8 Å². The molecular weight excluding hydrogens is 474 g/mol. The van der Waals surface area contributed by atoms with E-state index in [1.165, 1.54) is 12.1 Å². The molecule has 1 aliphatic rings. The SMILES string of the molecule is CO[C@]1(C(F)(F)F)ON=C(c2c(C)c(Cl)c(C)c(Cl)c2C)C1[S@@](=O)c1ccc(C)cc1. The highest BCUT2D eigenvalue weighted by Gasteiger charge is 2.70. The van der Waals surface area contributed by atoms with E-state index in [0.29, 0.717) is 16.7 Å². The first kappa shape index (κ1) is 24.0. The number of hydrogen-bond donors (Lipinski definition) is 0. The number of hydrogen-bond acceptors (Lipinski definition) is 4. The van der Waals surface area contributed by atoms with E-state index in [1.54, 1.807) is 32.9 Å². The average Bonchev–Trinajstić information content (AvgIpc) is 3.11. The van der Waals surface area contributed by atoms with Crippen molar-refractivity contribution in [3.05, 3.63) is 62.1 Å². The molecule has 0 radical (unpaired) electrons. The van der Waals surface area contributed by atoms with Crippen molar-refractivity contribution in [3.63, 3.8) is 0 Å². The molecule has 3 atom stereocenters. The van der Waals surface area contributed by atoms with Crippen molar-refractivity contribution in [1.82, 2.24) is 0 Å². The molecule has 0 saturated heterocycles. The van der Waals surface area contributed by atoms with Crippen molar-refractivity contribution in [2.75, 3.05) is 7.11 Å². The zero-order valence-electron chi connectivity index (χ0n) is 17.4. The maximum Gasteiger partial charge on any atom is 0.459 e. The number of alkyl halides is 3. The second-order valence-electron chi connectivity index (χ2n) is 7.31. The molecule has 1 heterocycles. The van der Waals surface area contributed by atoms with Gasteiger partial charge in [-0.3, -0.25) is 4.21 Å². The maximum atomic E-state index is 14.2. The third-order valence-corrected chi connectivity index (χ3v) is 8.19. The number of oxime groups is 1. The van der Waals surface area contributed by atoms with Gasteiger partial charge >= 0.3 is 12.0 Å². The molecule has 2 aromatic carbocycles. The summed E-state index contributed by atoms with van der Waals surface area (Å²) >= 11 is 12.8. The van der Waals surface area contributed by atoms with Gasteiger partial charge in [-0.2, -0.15) is 13.2 Å². The highest BCUT2D eigenvalue weighted by Crippen LogP contribution is 2.47. The quantitative estimate of drug-likeness (QED) is 0.521. The van der Waals surface area contributed by atoms with Crippen LogP contribution < -0.4 is 0 Å². The van der Waals surface area contributed by atoms with Crippen molar-refractivity contribution in [2.24, 2.45) is 5.16 Å². The summed E-state index contributed by atoms with van der Waals surface area (Å²) < 4.78 is 61.0. The molecule has 0 aliphatic carbocycles. The molecule has 0 bridgehead atoms. The van der Waals surface area contributed by atoms with Gasteiger partial charge in [-0.05, 0) is 56.5 Å². The summed E-state index contributed by atoms with van der Waals surface area (Å²) in [6.45, 7) is 6.81. The fourth-order valence-electron chi connectivity index (χ4n) is 3.62. The van der Waals surface area contributed by atoms with Crippen LogP contribution in [0.3, 0.4) is 0 Å². The zero-order chi connectivity index (χ0) is 23.3. The summed E-state index contributed by atoms with van der Waals surface area (Å²) in [4.78, 5) is 5.06. The van der Waals surface area contributed by atoms with Crippen molar-refractivity contribution >= 4 is 39.7 Å². The Bertz CT molecular complexity index is 1060. The Morgan fingerprint density at radius 1 is 1.03 bits per heavy atom. The molecule has 0 aromatic heterocycles. The van der Waals surface area contributed by atoms with E-state index in [-0.39, 0.29) is 26.2 Å². The second kappa shape index (κ2) is 8.39. The van der Waals surface area contributed by atoms with Crippen LogP contribution in [0.4, 0.5) is 13.2 Å². The van der Waals surface area contributed by atoms with Gasteiger partial charge in [0.05, 0.1) is 10.8 Å². The van der Waals surface area contributed by atoms with Gasteiger partial charge in [0.2, 0.25) is 0 Å². The first-order valence-electron chi connectivity index (χ1n) is 9.17. The minimum Gasteiger partial charge on any atom is -0.348 e. The number of halogens is 5. The zero-order valence-corrected chi connectivity index (χ0v) is 19.7. The summed E-state index contributed by atoms with van der Waals surface area (Å²) in [5, 5.41) is 2.50.